The molecule has 2 aliphatic heterocycles. The first-order valence-electron chi connectivity index (χ1n) is 7.59. The first-order chi connectivity index (χ1) is 9.75. The molecule has 1 fully saturated rings. The molecule has 3 heterocycles. The Bertz CT molecular complexity index is 673. The highest BCUT2D eigenvalue weighted by atomic mass is 16.1. The van der Waals surface area contributed by atoms with Crippen LogP contribution in [-0.4, -0.2) is 28.8 Å². The predicted octanol–water partition coefficient (Wildman–Crippen LogP) is 3.07. The highest BCUT2D eigenvalue weighted by Crippen LogP contribution is 2.42. The number of nitrogens with zero attached hydrogens (tertiary/aromatic N) is 1. The lowest BCUT2D eigenvalue weighted by Gasteiger charge is -2.43. The summed E-state index contributed by atoms with van der Waals surface area (Å²) in [7, 11) is 0. The molecule has 0 bridgehead atoms. The molecule has 2 unspecified atom stereocenters. The minimum Gasteiger partial charge on any atom is -0.357 e. The zero-order valence-electron chi connectivity index (χ0n) is 11.9. The Kier molecular flexibility index (Phi) is 2.71. The molecule has 4 rings (SSSR count). The number of hydrogen-bond donors (Lipinski definition) is 1. The maximum absolute atomic E-state index is 12.0. The van der Waals surface area contributed by atoms with Crippen LogP contribution in [0.25, 0.3) is 10.9 Å². The van der Waals surface area contributed by atoms with E-state index in [9.17, 15) is 4.79 Å². The quantitative estimate of drug-likeness (QED) is 0.863. The fourth-order valence-corrected chi connectivity index (χ4v) is 4.12. The monoisotopic (exact) mass is 268 g/mol. The SMILES string of the molecule is CC(=O)C1CCCN2CCc3c([nH]c4ccccc34)C12. The first kappa shape index (κ1) is 12.2. The van der Waals surface area contributed by atoms with Crippen LogP contribution in [-0.2, 0) is 11.2 Å². The summed E-state index contributed by atoms with van der Waals surface area (Å²) in [5, 5.41) is 1.34. The summed E-state index contributed by atoms with van der Waals surface area (Å²) in [5.74, 6) is 0.502. The number of benzene rings is 1. The second kappa shape index (κ2) is 4.45. The van der Waals surface area contributed by atoms with Gasteiger partial charge >= 0.3 is 0 Å². The summed E-state index contributed by atoms with van der Waals surface area (Å²) in [4.78, 5) is 18.2. The minimum absolute atomic E-state index is 0.163. The molecule has 3 nitrogen and oxygen atoms in total. The maximum atomic E-state index is 12.0. The Balaban J connectivity index is 1.88. The zero-order valence-corrected chi connectivity index (χ0v) is 11.9. The summed E-state index contributed by atoms with van der Waals surface area (Å²) in [6, 6.07) is 8.80. The fourth-order valence-electron chi connectivity index (χ4n) is 4.12. The molecule has 1 aromatic carbocycles. The summed E-state index contributed by atoms with van der Waals surface area (Å²) >= 11 is 0. The van der Waals surface area contributed by atoms with Crippen molar-refractivity contribution in [2.24, 2.45) is 5.92 Å². The van der Waals surface area contributed by atoms with Crippen LogP contribution in [0.1, 0.15) is 37.1 Å². The highest BCUT2D eigenvalue weighted by molar-refractivity contribution is 5.86. The standard InChI is InChI=1S/C17H20N2O/c1-11(20)12-6-4-9-19-10-8-14-13-5-2-3-7-15(13)18-16(14)17(12)19/h2-3,5,7,12,17-18H,4,6,8-10H2,1H3. The van der Waals surface area contributed by atoms with Crippen molar-refractivity contribution in [2.45, 2.75) is 32.2 Å². The number of nitrogens with one attached hydrogen (secondary N) is 1. The van der Waals surface area contributed by atoms with Gasteiger partial charge in [0.15, 0.2) is 0 Å². The molecule has 1 aromatic heterocycles. The lowest BCUT2D eigenvalue weighted by atomic mass is 9.80. The third kappa shape index (κ3) is 1.66. The van der Waals surface area contributed by atoms with Gasteiger partial charge in [-0.15, -0.1) is 0 Å². The third-order valence-electron chi connectivity index (χ3n) is 5.05. The van der Waals surface area contributed by atoms with E-state index >= 15 is 0 Å². The Hall–Kier alpha value is -1.61. The number of rotatable bonds is 1. The van der Waals surface area contributed by atoms with Crippen LogP contribution >= 0.6 is 0 Å². The van der Waals surface area contributed by atoms with Crippen LogP contribution < -0.4 is 0 Å². The van der Waals surface area contributed by atoms with Crippen molar-refractivity contribution in [1.82, 2.24) is 9.88 Å². The molecule has 2 atom stereocenters. The van der Waals surface area contributed by atoms with Gasteiger partial charge in [-0.25, -0.2) is 0 Å². The number of hydrogen-bond acceptors (Lipinski definition) is 2. The smallest absolute Gasteiger partial charge is 0.134 e. The van der Waals surface area contributed by atoms with Crippen LogP contribution in [0, 0.1) is 5.92 Å². The van der Waals surface area contributed by atoms with Gasteiger partial charge in [0.05, 0.1) is 6.04 Å². The average molecular weight is 268 g/mol. The van der Waals surface area contributed by atoms with Crippen LogP contribution in [0.2, 0.25) is 0 Å². The van der Waals surface area contributed by atoms with E-state index in [1.54, 1.807) is 6.92 Å². The van der Waals surface area contributed by atoms with Crippen molar-refractivity contribution in [3.63, 3.8) is 0 Å². The summed E-state index contributed by atoms with van der Waals surface area (Å²) in [5.41, 5.74) is 3.96. The number of fused-ring (bicyclic) bond motifs is 5. The Morgan fingerprint density at radius 1 is 1.30 bits per heavy atom. The van der Waals surface area contributed by atoms with Gasteiger partial charge in [-0.05, 0) is 44.4 Å². The van der Waals surface area contributed by atoms with Gasteiger partial charge in [0.2, 0.25) is 0 Å². The largest absolute Gasteiger partial charge is 0.357 e. The topological polar surface area (TPSA) is 36.1 Å². The number of carbonyl (C=O) groups is 1. The van der Waals surface area contributed by atoms with E-state index in [4.69, 9.17) is 0 Å². The van der Waals surface area contributed by atoms with Crippen LogP contribution in [0.5, 0.6) is 0 Å². The van der Waals surface area contributed by atoms with Crippen LogP contribution in [0.4, 0.5) is 0 Å². The number of carbonyl (C=O) groups excluding carboxylic acids is 1. The van der Waals surface area contributed by atoms with Crippen molar-refractivity contribution in [1.29, 1.82) is 0 Å². The zero-order chi connectivity index (χ0) is 13.7. The predicted molar refractivity (Wildman–Crippen MR) is 79.7 cm³/mol. The second-order valence-corrected chi connectivity index (χ2v) is 6.15. The number of aromatic amines is 1. The maximum Gasteiger partial charge on any atom is 0.134 e. The molecule has 1 saturated heterocycles. The normalized spacial score (nSPS) is 26.2. The molecule has 1 N–H and O–H groups in total. The molecule has 0 saturated carbocycles. The molecule has 2 aliphatic rings. The fraction of sp³-hybridized carbons (Fsp3) is 0.471. The number of Topliss-reactive ketones (excluding diaryl/α,β-unsaturated/α-hetero) is 1. The van der Waals surface area contributed by atoms with E-state index in [1.165, 1.54) is 22.2 Å². The van der Waals surface area contributed by atoms with E-state index in [0.717, 1.165) is 32.4 Å². The number of aromatic nitrogens is 1. The van der Waals surface area contributed by atoms with Crippen molar-refractivity contribution in [2.75, 3.05) is 13.1 Å². The number of piperidine rings is 1. The van der Waals surface area contributed by atoms with Crippen LogP contribution in [0.15, 0.2) is 24.3 Å². The summed E-state index contributed by atoms with van der Waals surface area (Å²) in [6.45, 7) is 3.97. The second-order valence-electron chi connectivity index (χ2n) is 6.15. The number of H-pyrrole nitrogens is 1. The minimum atomic E-state index is 0.163. The van der Waals surface area contributed by atoms with Gasteiger partial charge in [-0.3, -0.25) is 9.69 Å². The van der Waals surface area contributed by atoms with E-state index in [-0.39, 0.29) is 12.0 Å². The van der Waals surface area contributed by atoms with Gasteiger partial charge in [-0.2, -0.15) is 0 Å². The number of ketones is 1. The van der Waals surface area contributed by atoms with Gasteiger partial charge in [0, 0.05) is 29.1 Å². The van der Waals surface area contributed by atoms with Crippen LogP contribution in [0.3, 0.4) is 0 Å². The molecule has 0 spiro atoms. The molecule has 2 aromatic rings. The van der Waals surface area contributed by atoms with Crippen molar-refractivity contribution in [3.8, 4) is 0 Å². The molecule has 0 aliphatic carbocycles. The van der Waals surface area contributed by atoms with E-state index in [0.29, 0.717) is 5.78 Å². The Labute approximate surface area is 119 Å². The molecule has 104 valence electrons. The molecular weight excluding hydrogens is 248 g/mol. The van der Waals surface area contributed by atoms with E-state index in [1.807, 2.05) is 0 Å². The van der Waals surface area contributed by atoms with Crippen molar-refractivity contribution < 1.29 is 4.79 Å². The molecule has 0 radical (unpaired) electrons. The lowest BCUT2D eigenvalue weighted by molar-refractivity contribution is -0.125. The van der Waals surface area contributed by atoms with Gasteiger partial charge in [0.1, 0.15) is 5.78 Å². The third-order valence-corrected chi connectivity index (χ3v) is 5.05. The van der Waals surface area contributed by atoms with E-state index in [2.05, 4.69) is 34.1 Å². The van der Waals surface area contributed by atoms with Gasteiger partial charge < -0.3 is 4.98 Å². The van der Waals surface area contributed by atoms with E-state index < -0.39 is 0 Å². The summed E-state index contributed by atoms with van der Waals surface area (Å²) in [6.07, 6.45) is 3.28. The van der Waals surface area contributed by atoms with Gasteiger partial charge in [0.25, 0.3) is 0 Å². The van der Waals surface area contributed by atoms with Crippen molar-refractivity contribution >= 4 is 16.7 Å². The highest BCUT2D eigenvalue weighted by Gasteiger charge is 2.39. The molecule has 0 amide bonds. The van der Waals surface area contributed by atoms with Gasteiger partial charge in [-0.1, -0.05) is 18.2 Å². The summed E-state index contributed by atoms with van der Waals surface area (Å²) < 4.78 is 0. The number of para-hydroxylation sites is 1. The lowest BCUT2D eigenvalue weighted by Crippen LogP contribution is -2.45. The average Bonchev–Trinajstić information content (AvgIpc) is 2.85. The molecule has 3 heteroatoms. The molecular formula is C17H20N2O. The first-order valence-corrected chi connectivity index (χ1v) is 7.59. The Morgan fingerprint density at radius 2 is 2.15 bits per heavy atom. The molecule has 20 heavy (non-hydrogen) atoms. The van der Waals surface area contributed by atoms with Crippen molar-refractivity contribution in [3.05, 3.63) is 35.5 Å². The Morgan fingerprint density at radius 3 is 3.00 bits per heavy atom.